The van der Waals surface area contributed by atoms with Gasteiger partial charge < -0.3 is 20.0 Å². The molecule has 1 saturated heterocycles. The van der Waals surface area contributed by atoms with Crippen molar-refractivity contribution in [2.75, 3.05) is 37.0 Å². The zero-order valence-electron chi connectivity index (χ0n) is 22.4. The number of benzene rings is 2. The Morgan fingerprint density at radius 3 is 2.36 bits per heavy atom. The minimum atomic E-state index is -0.781. The number of phenolic OH excluding ortho intramolecular Hbond substituents is 1. The van der Waals surface area contributed by atoms with Crippen LogP contribution in [0.15, 0.2) is 55.0 Å². The first-order valence-electron chi connectivity index (χ1n) is 12.8. The maximum absolute atomic E-state index is 14.9. The Labute approximate surface area is 232 Å². The standard InChI is InChI=1S/C30H32ClFN4O3/c1-19-27(36-16-29(2,39)30(17-36)7-8-30)12-21(15-33-19)24-14-22(32)13-23(28(24)38)20-5-6-26(25(31)11-20)35(18-37)10-9-34(3)4/h5-6,9-15,18,38-39H,7-8,16-17H2,1-4H3/b10-9-. The Kier molecular flexibility index (Phi) is 6.81. The molecule has 1 atom stereocenters. The van der Waals surface area contributed by atoms with Gasteiger partial charge in [0.1, 0.15) is 11.6 Å². The van der Waals surface area contributed by atoms with Crippen molar-refractivity contribution >= 4 is 29.4 Å². The summed E-state index contributed by atoms with van der Waals surface area (Å²) >= 11 is 6.52. The highest BCUT2D eigenvalue weighted by Gasteiger charge is 2.61. The van der Waals surface area contributed by atoms with E-state index >= 15 is 0 Å². The Morgan fingerprint density at radius 1 is 1.08 bits per heavy atom. The van der Waals surface area contributed by atoms with Gasteiger partial charge in [-0.25, -0.2) is 4.39 Å². The van der Waals surface area contributed by atoms with E-state index < -0.39 is 11.4 Å². The molecule has 1 aliphatic heterocycles. The van der Waals surface area contributed by atoms with Gasteiger partial charge in [-0.3, -0.25) is 14.7 Å². The lowest BCUT2D eigenvalue weighted by molar-refractivity contribution is -0.107. The van der Waals surface area contributed by atoms with Crippen molar-refractivity contribution in [2.45, 2.75) is 32.3 Å². The fourth-order valence-electron chi connectivity index (χ4n) is 5.44. The fourth-order valence-corrected chi connectivity index (χ4v) is 5.72. The van der Waals surface area contributed by atoms with Crippen molar-refractivity contribution in [2.24, 2.45) is 5.41 Å². The molecule has 2 aromatic carbocycles. The van der Waals surface area contributed by atoms with Gasteiger partial charge in [0, 0.05) is 67.9 Å². The van der Waals surface area contributed by atoms with E-state index in [1.807, 2.05) is 34.0 Å². The van der Waals surface area contributed by atoms with E-state index in [0.717, 1.165) is 30.8 Å². The Hall–Kier alpha value is -3.62. The minimum absolute atomic E-state index is 0.0866. The number of anilines is 2. The number of pyridine rings is 1. The molecule has 2 N–H and O–H groups in total. The van der Waals surface area contributed by atoms with Gasteiger partial charge in [-0.2, -0.15) is 0 Å². The Morgan fingerprint density at radius 2 is 1.77 bits per heavy atom. The van der Waals surface area contributed by atoms with E-state index in [1.165, 1.54) is 17.0 Å². The number of hydrogen-bond donors (Lipinski definition) is 2. The zero-order valence-corrected chi connectivity index (χ0v) is 23.2. The second kappa shape index (κ2) is 9.84. The smallest absolute Gasteiger partial charge is 0.218 e. The minimum Gasteiger partial charge on any atom is -0.507 e. The van der Waals surface area contributed by atoms with Crippen LogP contribution in [-0.4, -0.2) is 59.3 Å². The van der Waals surface area contributed by atoms with Crippen LogP contribution < -0.4 is 9.80 Å². The average molecular weight is 551 g/mol. The van der Waals surface area contributed by atoms with Crippen molar-refractivity contribution in [3.63, 3.8) is 0 Å². The third kappa shape index (κ3) is 4.94. The number of amides is 1. The van der Waals surface area contributed by atoms with Crippen LogP contribution in [0.2, 0.25) is 5.02 Å². The maximum atomic E-state index is 14.9. The van der Waals surface area contributed by atoms with Crippen molar-refractivity contribution in [3.8, 4) is 28.0 Å². The van der Waals surface area contributed by atoms with Crippen molar-refractivity contribution in [1.82, 2.24) is 9.88 Å². The molecule has 3 aromatic rings. The summed E-state index contributed by atoms with van der Waals surface area (Å²) in [7, 11) is 3.67. The highest BCUT2D eigenvalue weighted by atomic mass is 35.5. The van der Waals surface area contributed by atoms with Crippen LogP contribution in [0.5, 0.6) is 5.75 Å². The maximum Gasteiger partial charge on any atom is 0.218 e. The molecule has 204 valence electrons. The molecule has 1 amide bonds. The van der Waals surface area contributed by atoms with Gasteiger partial charge >= 0.3 is 0 Å². The number of nitrogens with zero attached hydrogens (tertiary/aromatic N) is 4. The third-order valence-corrected chi connectivity index (χ3v) is 8.25. The fraction of sp³-hybridized carbons (Fsp3) is 0.333. The van der Waals surface area contributed by atoms with Crippen LogP contribution in [0.4, 0.5) is 15.8 Å². The first-order valence-corrected chi connectivity index (χ1v) is 13.2. The van der Waals surface area contributed by atoms with E-state index in [0.29, 0.717) is 35.3 Å². The van der Waals surface area contributed by atoms with E-state index in [9.17, 15) is 19.4 Å². The van der Waals surface area contributed by atoms with Crippen LogP contribution in [0.1, 0.15) is 25.5 Å². The number of hydrogen-bond acceptors (Lipinski definition) is 6. The Bertz CT molecular complexity index is 1460. The molecule has 5 rings (SSSR count). The summed E-state index contributed by atoms with van der Waals surface area (Å²) in [5.74, 6) is -0.631. The lowest BCUT2D eigenvalue weighted by Crippen LogP contribution is -2.35. The quantitative estimate of drug-likeness (QED) is 0.374. The predicted molar refractivity (Wildman–Crippen MR) is 152 cm³/mol. The van der Waals surface area contributed by atoms with E-state index in [4.69, 9.17) is 11.6 Å². The molecule has 1 spiro atoms. The molecule has 39 heavy (non-hydrogen) atoms. The second-order valence-electron chi connectivity index (χ2n) is 11.0. The molecular weight excluding hydrogens is 519 g/mol. The topological polar surface area (TPSA) is 80.1 Å². The van der Waals surface area contributed by atoms with Gasteiger partial charge in [0.2, 0.25) is 6.41 Å². The van der Waals surface area contributed by atoms with E-state index in [-0.39, 0.29) is 21.8 Å². The van der Waals surface area contributed by atoms with Gasteiger partial charge in [-0.05, 0) is 62.6 Å². The van der Waals surface area contributed by atoms with Gasteiger partial charge in [0.05, 0.1) is 27.7 Å². The molecule has 1 saturated carbocycles. The number of rotatable bonds is 7. The summed E-state index contributed by atoms with van der Waals surface area (Å²) in [6.07, 6.45) is 7.54. The van der Waals surface area contributed by atoms with Crippen LogP contribution in [0.3, 0.4) is 0 Å². The van der Waals surface area contributed by atoms with E-state index in [2.05, 4.69) is 9.88 Å². The monoisotopic (exact) mass is 550 g/mol. The molecule has 1 aromatic heterocycles. The van der Waals surface area contributed by atoms with Gasteiger partial charge in [0.25, 0.3) is 0 Å². The number of phenols is 1. The number of aromatic nitrogens is 1. The summed E-state index contributed by atoms with van der Waals surface area (Å²) in [5, 5.41) is 22.6. The first kappa shape index (κ1) is 27.0. The van der Waals surface area contributed by atoms with Crippen LogP contribution in [0.25, 0.3) is 22.3 Å². The molecule has 1 unspecified atom stereocenters. The number of carbonyl (C=O) groups excluding carboxylic acids is 1. The average Bonchev–Trinajstić information content (AvgIpc) is 3.62. The molecular formula is C30H32ClFN4O3. The lowest BCUT2D eigenvalue weighted by Gasteiger charge is -2.24. The molecule has 0 radical (unpaired) electrons. The largest absolute Gasteiger partial charge is 0.507 e. The number of aromatic hydroxyl groups is 1. The summed E-state index contributed by atoms with van der Waals surface area (Å²) in [4.78, 5) is 21.4. The molecule has 2 aliphatic rings. The third-order valence-electron chi connectivity index (χ3n) is 7.95. The number of aryl methyl sites for hydroxylation is 1. The van der Waals surface area contributed by atoms with Gasteiger partial charge in [0.15, 0.2) is 0 Å². The lowest BCUT2D eigenvalue weighted by atomic mass is 9.90. The van der Waals surface area contributed by atoms with E-state index in [1.54, 1.807) is 41.7 Å². The summed E-state index contributed by atoms with van der Waals surface area (Å²) < 4.78 is 14.9. The zero-order chi connectivity index (χ0) is 28.1. The SMILES string of the molecule is Cc1ncc(-c2cc(F)cc(-c3ccc(N(C=O)/C=C\N(C)C)c(Cl)c3)c2O)cc1N1CC(C)(O)C2(CC2)C1. The second-order valence-corrected chi connectivity index (χ2v) is 11.4. The normalized spacial score (nSPS) is 19.6. The molecule has 2 fully saturated rings. The number of aliphatic hydroxyl groups is 1. The summed E-state index contributed by atoms with van der Waals surface area (Å²) in [6.45, 7) is 5.02. The molecule has 7 nitrogen and oxygen atoms in total. The van der Waals surface area contributed by atoms with Crippen LogP contribution in [0, 0.1) is 18.2 Å². The Balaban J connectivity index is 1.51. The highest BCUT2D eigenvalue weighted by Crippen LogP contribution is 2.59. The number of carbonyl (C=O) groups is 1. The van der Waals surface area contributed by atoms with Gasteiger partial charge in [-0.1, -0.05) is 17.7 Å². The van der Waals surface area contributed by atoms with Crippen molar-refractivity contribution < 1.29 is 19.4 Å². The highest BCUT2D eigenvalue weighted by molar-refractivity contribution is 6.34. The predicted octanol–water partition coefficient (Wildman–Crippen LogP) is 5.57. The molecule has 0 bridgehead atoms. The first-order chi connectivity index (χ1) is 18.4. The molecule has 1 aliphatic carbocycles. The molecule has 2 heterocycles. The van der Waals surface area contributed by atoms with Crippen LogP contribution in [-0.2, 0) is 4.79 Å². The van der Waals surface area contributed by atoms with Crippen molar-refractivity contribution in [3.05, 3.63) is 71.5 Å². The summed E-state index contributed by atoms with van der Waals surface area (Å²) in [6, 6.07) is 9.36. The van der Waals surface area contributed by atoms with Gasteiger partial charge in [-0.15, -0.1) is 0 Å². The number of β-amino-alcohol motifs (C(OH)–C–C–N with tert-alkyl or cyclic N) is 1. The molecule has 9 heteroatoms. The number of halogens is 2. The van der Waals surface area contributed by atoms with Crippen molar-refractivity contribution in [1.29, 1.82) is 0 Å². The van der Waals surface area contributed by atoms with Crippen LogP contribution >= 0.6 is 11.6 Å². The summed E-state index contributed by atoms with van der Waals surface area (Å²) in [5.41, 5.74) is 2.87.